The number of methoxy groups -OCH3 is 1. The van der Waals surface area contributed by atoms with Gasteiger partial charge in [0, 0.05) is 11.1 Å². The van der Waals surface area contributed by atoms with E-state index in [2.05, 4.69) is 23.1 Å². The zero-order chi connectivity index (χ0) is 24.4. The van der Waals surface area contributed by atoms with E-state index in [1.54, 1.807) is 26.0 Å². The largest absolute Gasteiger partial charge is 0.493 e. The summed E-state index contributed by atoms with van der Waals surface area (Å²) in [6, 6.07) is 8.75. The van der Waals surface area contributed by atoms with Crippen LogP contribution >= 0.6 is 0 Å². The highest BCUT2D eigenvalue weighted by atomic mass is 19.1. The predicted molar refractivity (Wildman–Crippen MR) is 121 cm³/mol. The molecule has 9 heteroatoms. The number of benzene rings is 2. The lowest BCUT2D eigenvalue weighted by Crippen LogP contribution is -2.54. The van der Waals surface area contributed by atoms with Crippen molar-refractivity contribution in [1.29, 1.82) is 0 Å². The molecule has 0 fully saturated rings. The number of unbranched alkanes of at least 4 members (excludes halogenated alkanes) is 1. The molecule has 0 spiro atoms. The van der Waals surface area contributed by atoms with Crippen molar-refractivity contribution in [3.8, 4) is 11.5 Å². The number of rotatable bonds is 10. The maximum atomic E-state index is 13.1. The van der Waals surface area contributed by atoms with E-state index in [0.29, 0.717) is 18.1 Å². The monoisotopic (exact) mass is 459 g/mol. The van der Waals surface area contributed by atoms with Crippen molar-refractivity contribution in [1.82, 2.24) is 16.2 Å². The molecule has 0 unspecified atom stereocenters. The Balaban J connectivity index is 1.99. The van der Waals surface area contributed by atoms with Gasteiger partial charge >= 0.3 is 0 Å². The lowest BCUT2D eigenvalue weighted by atomic mass is 10.0. The van der Waals surface area contributed by atoms with Crippen molar-refractivity contribution < 1.29 is 28.2 Å². The third kappa shape index (κ3) is 7.48. The van der Waals surface area contributed by atoms with Crippen LogP contribution in [0.5, 0.6) is 11.5 Å². The molecule has 0 aromatic heterocycles. The zero-order valence-corrected chi connectivity index (χ0v) is 19.2. The van der Waals surface area contributed by atoms with Crippen molar-refractivity contribution in [2.24, 2.45) is 5.92 Å². The molecule has 0 aliphatic carbocycles. The summed E-state index contributed by atoms with van der Waals surface area (Å²) >= 11 is 0. The molecule has 2 aromatic carbocycles. The molecule has 0 saturated carbocycles. The van der Waals surface area contributed by atoms with Crippen molar-refractivity contribution in [3.05, 3.63) is 59.4 Å². The van der Waals surface area contributed by atoms with Gasteiger partial charge in [0.2, 0.25) is 0 Å². The molecule has 8 nitrogen and oxygen atoms in total. The van der Waals surface area contributed by atoms with Crippen LogP contribution in [0, 0.1) is 11.7 Å². The van der Waals surface area contributed by atoms with E-state index in [-0.39, 0.29) is 17.0 Å². The molecular weight excluding hydrogens is 429 g/mol. The molecule has 0 heterocycles. The van der Waals surface area contributed by atoms with Crippen LogP contribution in [0.4, 0.5) is 4.39 Å². The van der Waals surface area contributed by atoms with E-state index in [9.17, 15) is 18.8 Å². The average molecular weight is 460 g/mol. The Kier molecular flexibility index (Phi) is 9.65. The van der Waals surface area contributed by atoms with Crippen LogP contribution in [0.3, 0.4) is 0 Å². The molecule has 2 rings (SSSR count). The number of hydrazine groups is 1. The van der Waals surface area contributed by atoms with Gasteiger partial charge in [-0.05, 0) is 54.8 Å². The summed E-state index contributed by atoms with van der Waals surface area (Å²) in [5, 5.41) is 2.60. The fourth-order valence-corrected chi connectivity index (χ4v) is 2.88. The third-order valence-corrected chi connectivity index (χ3v) is 4.82. The molecule has 0 aliphatic rings. The molecule has 0 saturated heterocycles. The Morgan fingerprint density at radius 3 is 2.21 bits per heavy atom. The number of amides is 3. The number of hydrogen-bond acceptors (Lipinski definition) is 5. The number of nitrogens with one attached hydrogen (secondary N) is 3. The number of carbonyl (C=O) groups excluding carboxylic acids is 3. The van der Waals surface area contributed by atoms with Gasteiger partial charge in [-0.3, -0.25) is 25.2 Å². The van der Waals surface area contributed by atoms with E-state index < -0.39 is 29.6 Å². The van der Waals surface area contributed by atoms with Crippen LogP contribution in [0.25, 0.3) is 0 Å². The van der Waals surface area contributed by atoms with E-state index in [0.717, 1.165) is 25.0 Å². The summed E-state index contributed by atoms with van der Waals surface area (Å²) in [4.78, 5) is 37.5. The molecule has 178 valence electrons. The fraction of sp³-hybridized carbons (Fsp3) is 0.375. The number of ether oxygens (including phenoxy) is 2. The molecule has 2 aromatic rings. The highest BCUT2D eigenvalue weighted by Crippen LogP contribution is 2.28. The first-order valence-electron chi connectivity index (χ1n) is 10.7. The smallest absolute Gasteiger partial charge is 0.269 e. The number of hydrogen-bond donors (Lipinski definition) is 3. The van der Waals surface area contributed by atoms with Crippen LogP contribution in [0.2, 0.25) is 0 Å². The first-order valence-corrected chi connectivity index (χ1v) is 10.7. The normalized spacial score (nSPS) is 11.5. The van der Waals surface area contributed by atoms with Crippen LogP contribution in [0.1, 0.15) is 54.3 Å². The molecule has 33 heavy (non-hydrogen) atoms. The molecule has 0 bridgehead atoms. The second kappa shape index (κ2) is 12.4. The van der Waals surface area contributed by atoms with Crippen LogP contribution < -0.4 is 25.6 Å². The number of carbonyl (C=O) groups is 3. The van der Waals surface area contributed by atoms with E-state index in [1.165, 1.54) is 25.3 Å². The molecular formula is C24H30FN3O5. The van der Waals surface area contributed by atoms with Crippen molar-refractivity contribution in [2.45, 2.75) is 39.7 Å². The average Bonchev–Trinajstić information content (AvgIpc) is 2.81. The Morgan fingerprint density at radius 2 is 1.61 bits per heavy atom. The van der Waals surface area contributed by atoms with Gasteiger partial charge in [-0.1, -0.05) is 27.2 Å². The second-order valence-electron chi connectivity index (χ2n) is 7.71. The topological polar surface area (TPSA) is 106 Å². The van der Waals surface area contributed by atoms with E-state index in [1.807, 2.05) is 0 Å². The summed E-state index contributed by atoms with van der Waals surface area (Å²) in [5.74, 6) is -1.50. The summed E-state index contributed by atoms with van der Waals surface area (Å²) in [7, 11) is 1.47. The van der Waals surface area contributed by atoms with E-state index in [4.69, 9.17) is 9.47 Å². The lowest BCUT2D eigenvalue weighted by Gasteiger charge is -2.22. The van der Waals surface area contributed by atoms with Gasteiger partial charge in [0.25, 0.3) is 17.7 Å². The predicted octanol–water partition coefficient (Wildman–Crippen LogP) is 3.23. The fourth-order valence-electron chi connectivity index (χ4n) is 2.88. The third-order valence-electron chi connectivity index (χ3n) is 4.82. The molecule has 0 aliphatic heterocycles. The summed E-state index contributed by atoms with van der Waals surface area (Å²) in [6.07, 6.45) is 1.89. The Hall–Kier alpha value is -3.62. The second-order valence-corrected chi connectivity index (χ2v) is 7.71. The standard InChI is InChI=1S/C24H30FN3O5/c1-5-6-13-33-19-12-9-17(14-20(19)32-4)23(30)27-28-24(31)21(15(2)3)26-22(29)16-7-10-18(25)11-8-16/h7-12,14-15,21H,5-6,13H2,1-4H3,(H,26,29)(H,27,30)(H,28,31)/t21-/m0/s1. The minimum absolute atomic E-state index is 0.215. The van der Waals surface area contributed by atoms with Crippen LogP contribution in [0.15, 0.2) is 42.5 Å². The Morgan fingerprint density at radius 1 is 0.939 bits per heavy atom. The summed E-state index contributed by atoms with van der Waals surface area (Å²) in [5.41, 5.74) is 5.15. The van der Waals surface area contributed by atoms with Gasteiger partial charge < -0.3 is 14.8 Å². The molecule has 0 radical (unpaired) electrons. The van der Waals surface area contributed by atoms with E-state index >= 15 is 0 Å². The summed E-state index contributed by atoms with van der Waals surface area (Å²) in [6.45, 7) is 6.09. The Bertz CT molecular complexity index is 963. The van der Waals surface area contributed by atoms with Gasteiger partial charge in [0.15, 0.2) is 11.5 Å². The van der Waals surface area contributed by atoms with Gasteiger partial charge in [-0.2, -0.15) is 0 Å². The first-order chi connectivity index (χ1) is 15.8. The quantitative estimate of drug-likeness (QED) is 0.374. The lowest BCUT2D eigenvalue weighted by molar-refractivity contribution is -0.124. The molecule has 1 atom stereocenters. The highest BCUT2D eigenvalue weighted by molar-refractivity contribution is 5.99. The minimum atomic E-state index is -0.924. The maximum Gasteiger partial charge on any atom is 0.269 e. The van der Waals surface area contributed by atoms with Crippen LogP contribution in [-0.4, -0.2) is 37.5 Å². The SMILES string of the molecule is CCCCOc1ccc(C(=O)NNC(=O)[C@@H](NC(=O)c2ccc(F)cc2)C(C)C)cc1OC. The van der Waals surface area contributed by atoms with Gasteiger partial charge in [0.1, 0.15) is 11.9 Å². The first kappa shape index (κ1) is 25.6. The van der Waals surface area contributed by atoms with Crippen LogP contribution in [-0.2, 0) is 4.79 Å². The van der Waals surface area contributed by atoms with Crippen molar-refractivity contribution in [3.63, 3.8) is 0 Å². The molecule has 3 amide bonds. The number of halogens is 1. The molecule has 3 N–H and O–H groups in total. The van der Waals surface area contributed by atoms with Crippen molar-refractivity contribution in [2.75, 3.05) is 13.7 Å². The summed E-state index contributed by atoms with van der Waals surface area (Å²) < 4.78 is 24.0. The Labute approximate surface area is 192 Å². The van der Waals surface area contributed by atoms with Gasteiger partial charge in [-0.25, -0.2) is 4.39 Å². The maximum absolute atomic E-state index is 13.1. The minimum Gasteiger partial charge on any atom is -0.493 e. The zero-order valence-electron chi connectivity index (χ0n) is 19.2. The van der Waals surface area contributed by atoms with Gasteiger partial charge in [-0.15, -0.1) is 0 Å². The van der Waals surface area contributed by atoms with Crippen molar-refractivity contribution >= 4 is 17.7 Å². The van der Waals surface area contributed by atoms with Gasteiger partial charge in [0.05, 0.1) is 13.7 Å². The highest BCUT2D eigenvalue weighted by Gasteiger charge is 2.25.